The van der Waals surface area contributed by atoms with Crippen LogP contribution in [0.25, 0.3) is 10.9 Å². The number of aromatic nitrogens is 1. The third-order valence-corrected chi connectivity index (χ3v) is 5.47. The van der Waals surface area contributed by atoms with E-state index < -0.39 is 15.9 Å². The molecule has 0 aliphatic carbocycles. The number of hydrazine groups is 1. The van der Waals surface area contributed by atoms with E-state index >= 15 is 0 Å². The first-order valence-electron chi connectivity index (χ1n) is 7.73. The molecule has 2 aromatic carbocycles. The Labute approximate surface area is 146 Å². The molecule has 1 aromatic heterocycles. The largest absolute Gasteiger partial charge is 0.350 e. The van der Waals surface area contributed by atoms with Crippen LogP contribution in [0.1, 0.15) is 21.5 Å². The fourth-order valence-electron chi connectivity index (χ4n) is 2.86. The van der Waals surface area contributed by atoms with Crippen LogP contribution in [0.2, 0.25) is 0 Å². The van der Waals surface area contributed by atoms with Crippen LogP contribution in [0.4, 0.5) is 0 Å². The molecule has 25 heavy (non-hydrogen) atoms. The molecule has 6 nitrogen and oxygen atoms in total. The van der Waals surface area contributed by atoms with E-state index in [1.165, 1.54) is 6.07 Å². The summed E-state index contributed by atoms with van der Waals surface area (Å²) in [6, 6.07) is 12.5. The second kappa shape index (κ2) is 6.34. The molecule has 3 aromatic rings. The van der Waals surface area contributed by atoms with E-state index in [4.69, 9.17) is 0 Å². The Kier molecular flexibility index (Phi) is 4.36. The first-order chi connectivity index (χ1) is 11.8. The van der Waals surface area contributed by atoms with Crippen molar-refractivity contribution in [3.63, 3.8) is 0 Å². The van der Waals surface area contributed by atoms with Gasteiger partial charge in [0.1, 0.15) is 0 Å². The van der Waals surface area contributed by atoms with Crippen molar-refractivity contribution in [3.05, 3.63) is 65.4 Å². The number of amides is 1. The molecule has 1 heterocycles. The second-order valence-electron chi connectivity index (χ2n) is 6.00. The van der Waals surface area contributed by atoms with Crippen LogP contribution < -0.4 is 10.3 Å². The van der Waals surface area contributed by atoms with Gasteiger partial charge >= 0.3 is 0 Å². The minimum absolute atomic E-state index is 0.135. The van der Waals surface area contributed by atoms with Crippen LogP contribution in [0, 0.1) is 13.8 Å². The topological polar surface area (TPSA) is 80.2 Å². The maximum Gasteiger partial charge on any atom is 0.268 e. The van der Waals surface area contributed by atoms with E-state index in [1.54, 1.807) is 25.3 Å². The number of rotatable bonds is 4. The summed E-state index contributed by atoms with van der Waals surface area (Å²) in [5.41, 5.74) is 5.18. The number of aryl methyl sites for hydroxylation is 3. The average molecular weight is 357 g/mol. The van der Waals surface area contributed by atoms with Gasteiger partial charge in [-0.05, 0) is 31.5 Å². The molecular formula is C18H19N3O3S. The zero-order valence-corrected chi connectivity index (χ0v) is 15.0. The minimum atomic E-state index is -3.85. The lowest BCUT2D eigenvalue weighted by molar-refractivity contribution is 0.0946. The Bertz CT molecular complexity index is 1070. The standard InChI is InChI=1S/C18H19N3O3S/c1-12-8-9-17(13(2)10-12)25(23,24)20-19-18(22)15-11-21(3)16-7-5-4-6-14(15)16/h4-11,20H,1-3H3,(H,19,22). The lowest BCUT2D eigenvalue weighted by Crippen LogP contribution is -2.41. The average Bonchev–Trinajstić information content (AvgIpc) is 2.90. The van der Waals surface area contributed by atoms with Crippen molar-refractivity contribution in [2.45, 2.75) is 18.7 Å². The first-order valence-corrected chi connectivity index (χ1v) is 9.21. The molecule has 0 aliphatic heterocycles. The molecular weight excluding hydrogens is 338 g/mol. The van der Waals surface area contributed by atoms with Crippen molar-refractivity contribution in [2.24, 2.45) is 7.05 Å². The van der Waals surface area contributed by atoms with Gasteiger partial charge in [-0.25, -0.2) is 8.42 Å². The van der Waals surface area contributed by atoms with Crippen LogP contribution in [0.3, 0.4) is 0 Å². The predicted octanol–water partition coefficient (Wildman–Crippen LogP) is 2.42. The maximum absolute atomic E-state index is 12.4. The lowest BCUT2D eigenvalue weighted by Gasteiger charge is -2.10. The van der Waals surface area contributed by atoms with Crippen LogP contribution >= 0.6 is 0 Å². The molecule has 0 spiro atoms. The van der Waals surface area contributed by atoms with Gasteiger partial charge in [-0.2, -0.15) is 0 Å². The number of hydrogen-bond donors (Lipinski definition) is 2. The number of para-hydroxylation sites is 1. The number of nitrogens with one attached hydrogen (secondary N) is 2. The monoisotopic (exact) mass is 357 g/mol. The highest BCUT2D eigenvalue weighted by atomic mass is 32.2. The molecule has 0 saturated carbocycles. The van der Waals surface area contributed by atoms with Crippen LogP contribution in [0.15, 0.2) is 53.6 Å². The second-order valence-corrected chi connectivity index (χ2v) is 7.65. The molecule has 0 atom stereocenters. The predicted molar refractivity (Wildman–Crippen MR) is 96.6 cm³/mol. The Morgan fingerprint density at radius 1 is 1.08 bits per heavy atom. The van der Waals surface area contributed by atoms with Crippen LogP contribution in [-0.2, 0) is 17.1 Å². The van der Waals surface area contributed by atoms with Gasteiger partial charge < -0.3 is 4.57 Å². The van der Waals surface area contributed by atoms with Crippen molar-refractivity contribution in [1.29, 1.82) is 0 Å². The number of fused-ring (bicyclic) bond motifs is 1. The SMILES string of the molecule is Cc1ccc(S(=O)(=O)NNC(=O)c2cn(C)c3ccccc23)c(C)c1. The van der Waals surface area contributed by atoms with E-state index in [2.05, 4.69) is 10.3 Å². The van der Waals surface area contributed by atoms with Crippen molar-refractivity contribution in [3.8, 4) is 0 Å². The molecule has 0 bridgehead atoms. The van der Waals surface area contributed by atoms with E-state index in [9.17, 15) is 13.2 Å². The third kappa shape index (κ3) is 3.29. The van der Waals surface area contributed by atoms with Crippen molar-refractivity contribution in [1.82, 2.24) is 14.8 Å². The van der Waals surface area contributed by atoms with Crippen LogP contribution in [-0.4, -0.2) is 18.9 Å². The van der Waals surface area contributed by atoms with E-state index in [0.717, 1.165) is 16.5 Å². The van der Waals surface area contributed by atoms with Gasteiger partial charge in [0.25, 0.3) is 15.9 Å². The molecule has 0 unspecified atom stereocenters. The number of carbonyl (C=O) groups excluding carboxylic acids is 1. The van der Waals surface area contributed by atoms with Gasteiger partial charge in [0.2, 0.25) is 0 Å². The molecule has 130 valence electrons. The summed E-state index contributed by atoms with van der Waals surface area (Å²) in [6.45, 7) is 3.60. The highest BCUT2D eigenvalue weighted by Gasteiger charge is 2.19. The normalized spacial score (nSPS) is 11.6. The number of sulfonamides is 1. The summed E-state index contributed by atoms with van der Waals surface area (Å²) in [4.78, 5) is 14.7. The number of benzene rings is 2. The van der Waals surface area contributed by atoms with Crippen molar-refractivity contribution >= 4 is 26.8 Å². The molecule has 0 radical (unpaired) electrons. The van der Waals surface area contributed by atoms with Crippen molar-refractivity contribution < 1.29 is 13.2 Å². The zero-order chi connectivity index (χ0) is 18.2. The molecule has 1 amide bonds. The number of hydrogen-bond acceptors (Lipinski definition) is 3. The quantitative estimate of drug-likeness (QED) is 0.704. The van der Waals surface area contributed by atoms with E-state index in [1.807, 2.05) is 42.8 Å². The van der Waals surface area contributed by atoms with Gasteiger partial charge in [-0.3, -0.25) is 10.2 Å². The summed E-state index contributed by atoms with van der Waals surface area (Å²) in [7, 11) is -2.01. The minimum Gasteiger partial charge on any atom is -0.350 e. The zero-order valence-electron chi connectivity index (χ0n) is 14.2. The molecule has 0 saturated heterocycles. The van der Waals surface area contributed by atoms with Crippen LogP contribution in [0.5, 0.6) is 0 Å². The molecule has 0 aliphatic rings. The van der Waals surface area contributed by atoms with Gasteiger partial charge in [-0.1, -0.05) is 35.9 Å². The summed E-state index contributed by atoms with van der Waals surface area (Å²) < 4.78 is 26.7. The fraction of sp³-hybridized carbons (Fsp3) is 0.167. The van der Waals surface area contributed by atoms with E-state index in [0.29, 0.717) is 11.1 Å². The molecule has 2 N–H and O–H groups in total. The highest BCUT2D eigenvalue weighted by Crippen LogP contribution is 2.20. The Hall–Kier alpha value is -2.64. The molecule has 3 rings (SSSR count). The summed E-state index contributed by atoms with van der Waals surface area (Å²) in [5.74, 6) is -0.509. The maximum atomic E-state index is 12.4. The Balaban J connectivity index is 1.84. The summed E-state index contributed by atoms with van der Waals surface area (Å²) >= 11 is 0. The smallest absolute Gasteiger partial charge is 0.268 e. The lowest BCUT2D eigenvalue weighted by atomic mass is 10.2. The van der Waals surface area contributed by atoms with Gasteiger partial charge in [0, 0.05) is 24.1 Å². The summed E-state index contributed by atoms with van der Waals surface area (Å²) in [5, 5.41) is 0.758. The fourth-order valence-corrected chi connectivity index (χ4v) is 3.93. The number of nitrogens with zero attached hydrogens (tertiary/aromatic N) is 1. The van der Waals surface area contributed by atoms with Gasteiger partial charge in [0.15, 0.2) is 0 Å². The molecule has 0 fully saturated rings. The molecule has 7 heteroatoms. The Morgan fingerprint density at radius 2 is 1.80 bits per heavy atom. The highest BCUT2D eigenvalue weighted by molar-refractivity contribution is 7.89. The number of carbonyl (C=O) groups is 1. The van der Waals surface area contributed by atoms with Gasteiger partial charge in [-0.15, -0.1) is 4.83 Å². The third-order valence-electron chi connectivity index (χ3n) is 4.06. The Morgan fingerprint density at radius 3 is 2.52 bits per heavy atom. The van der Waals surface area contributed by atoms with E-state index in [-0.39, 0.29) is 4.90 Å². The summed E-state index contributed by atoms with van der Waals surface area (Å²) in [6.07, 6.45) is 1.67. The van der Waals surface area contributed by atoms with Crippen molar-refractivity contribution in [2.75, 3.05) is 0 Å². The van der Waals surface area contributed by atoms with Gasteiger partial charge in [0.05, 0.1) is 10.5 Å². The first kappa shape index (κ1) is 17.2.